The van der Waals surface area contributed by atoms with Crippen LogP contribution in [0.3, 0.4) is 0 Å². The van der Waals surface area contributed by atoms with Crippen LogP contribution in [0.4, 0.5) is 0 Å². The van der Waals surface area contributed by atoms with Crippen LogP contribution in [0.2, 0.25) is 0 Å². The predicted octanol–water partition coefficient (Wildman–Crippen LogP) is 1.87. The van der Waals surface area contributed by atoms with Crippen molar-refractivity contribution in [3.63, 3.8) is 0 Å². The van der Waals surface area contributed by atoms with Gasteiger partial charge < -0.3 is 9.84 Å². The van der Waals surface area contributed by atoms with Gasteiger partial charge in [-0.25, -0.2) is 0 Å². The summed E-state index contributed by atoms with van der Waals surface area (Å²) < 4.78 is 5.38. The summed E-state index contributed by atoms with van der Waals surface area (Å²) in [6, 6.07) is 5.22. The first-order valence-electron chi connectivity index (χ1n) is 4.90. The lowest BCUT2D eigenvalue weighted by molar-refractivity contribution is 0.103. The molecule has 0 bridgehead atoms. The predicted molar refractivity (Wildman–Crippen MR) is 56.0 cm³/mol. The highest BCUT2D eigenvalue weighted by atomic mass is 16.5. The van der Waals surface area contributed by atoms with E-state index in [0.717, 1.165) is 0 Å². The minimum atomic E-state index is -0.750. The van der Waals surface area contributed by atoms with E-state index >= 15 is 0 Å². The molecule has 1 aromatic rings. The molecule has 15 heavy (non-hydrogen) atoms. The van der Waals surface area contributed by atoms with Gasteiger partial charge in [-0.05, 0) is 25.1 Å². The molecule has 1 unspecified atom stereocenters. The summed E-state index contributed by atoms with van der Waals surface area (Å²) in [7, 11) is 0. The summed E-state index contributed by atoms with van der Waals surface area (Å²) in [5, 5.41) is 9.77. The van der Waals surface area contributed by atoms with E-state index in [9.17, 15) is 9.90 Å². The molecule has 3 nitrogen and oxygen atoms in total. The number of fused-ring (bicyclic) bond motifs is 1. The molecule has 0 amide bonds. The summed E-state index contributed by atoms with van der Waals surface area (Å²) in [4.78, 5) is 11.5. The van der Waals surface area contributed by atoms with Crippen LogP contribution in [0, 0.1) is 0 Å². The molecule has 0 saturated heterocycles. The fraction of sp³-hybridized carbons (Fsp3) is 0.250. The first-order chi connectivity index (χ1) is 7.24. The lowest BCUT2D eigenvalue weighted by atomic mass is 9.93. The summed E-state index contributed by atoms with van der Waals surface area (Å²) in [6.45, 7) is 2.38. The number of hydrogen-bond acceptors (Lipinski definition) is 3. The van der Waals surface area contributed by atoms with Crippen molar-refractivity contribution in [2.75, 3.05) is 6.61 Å². The van der Waals surface area contributed by atoms with Gasteiger partial charge in [0.2, 0.25) is 0 Å². The van der Waals surface area contributed by atoms with E-state index in [1.54, 1.807) is 18.2 Å². The Hall–Kier alpha value is -1.61. The minimum absolute atomic E-state index is 0.0862. The second kappa shape index (κ2) is 3.87. The number of hydrogen-bond donors (Lipinski definition) is 1. The highest BCUT2D eigenvalue weighted by Gasteiger charge is 2.22. The number of carbonyl (C=O) groups excluding carboxylic acids is 1. The molecule has 0 heterocycles. The lowest BCUT2D eigenvalue weighted by Gasteiger charge is -2.19. The van der Waals surface area contributed by atoms with Crippen molar-refractivity contribution in [3.8, 4) is 5.75 Å². The third kappa shape index (κ3) is 1.66. The second-order valence-electron chi connectivity index (χ2n) is 3.32. The number of benzene rings is 1. The van der Waals surface area contributed by atoms with Crippen LogP contribution in [0.25, 0.3) is 0 Å². The highest BCUT2D eigenvalue weighted by Crippen LogP contribution is 2.32. The highest BCUT2D eigenvalue weighted by molar-refractivity contribution is 6.07. The largest absolute Gasteiger partial charge is 0.493 e. The minimum Gasteiger partial charge on any atom is -0.493 e. The van der Waals surface area contributed by atoms with Crippen molar-refractivity contribution in [2.24, 2.45) is 0 Å². The van der Waals surface area contributed by atoms with Gasteiger partial charge in [0.1, 0.15) is 11.9 Å². The van der Waals surface area contributed by atoms with Gasteiger partial charge in [0.25, 0.3) is 0 Å². The van der Waals surface area contributed by atoms with Crippen molar-refractivity contribution >= 4 is 5.78 Å². The molecule has 1 aliphatic rings. The molecule has 0 saturated carbocycles. The maximum absolute atomic E-state index is 11.5. The summed E-state index contributed by atoms with van der Waals surface area (Å²) in [5.74, 6) is 0.497. The number of aliphatic hydroxyl groups is 1. The molecule has 78 valence electrons. The van der Waals surface area contributed by atoms with Gasteiger partial charge in [-0.3, -0.25) is 4.79 Å². The van der Waals surface area contributed by atoms with Crippen LogP contribution in [0.1, 0.15) is 28.9 Å². The number of ether oxygens (including phenoxy) is 1. The van der Waals surface area contributed by atoms with Crippen molar-refractivity contribution < 1.29 is 14.6 Å². The van der Waals surface area contributed by atoms with E-state index in [4.69, 9.17) is 4.74 Å². The van der Waals surface area contributed by atoms with Crippen LogP contribution in [-0.4, -0.2) is 17.5 Å². The van der Waals surface area contributed by atoms with Crippen molar-refractivity contribution in [2.45, 2.75) is 13.0 Å². The van der Waals surface area contributed by atoms with Gasteiger partial charge in [-0.1, -0.05) is 12.1 Å². The van der Waals surface area contributed by atoms with E-state index in [-0.39, 0.29) is 5.78 Å². The molecule has 0 radical (unpaired) electrons. The van der Waals surface area contributed by atoms with E-state index in [1.165, 1.54) is 12.2 Å². The Balaban J connectivity index is 2.55. The van der Waals surface area contributed by atoms with Crippen LogP contribution in [-0.2, 0) is 0 Å². The first-order valence-corrected chi connectivity index (χ1v) is 4.90. The molecule has 1 aromatic carbocycles. The molecule has 1 aliphatic carbocycles. The van der Waals surface area contributed by atoms with Crippen LogP contribution >= 0.6 is 0 Å². The standard InChI is InChI=1S/C12H12O3/c1-2-15-11-5-3-4-8-9(13)6-7-10(14)12(8)11/h3-7,10,14H,2H2,1H3. The van der Waals surface area contributed by atoms with Crippen LogP contribution in [0.15, 0.2) is 30.4 Å². The Bertz CT molecular complexity index is 421. The first kappa shape index (κ1) is 9.93. The summed E-state index contributed by atoms with van der Waals surface area (Å²) >= 11 is 0. The molecular formula is C12H12O3. The molecule has 0 spiro atoms. The van der Waals surface area contributed by atoms with Crippen molar-refractivity contribution in [1.82, 2.24) is 0 Å². The lowest BCUT2D eigenvalue weighted by Crippen LogP contribution is -2.12. The average Bonchev–Trinajstić information content (AvgIpc) is 2.24. The SMILES string of the molecule is CCOc1cccc2c1C(O)C=CC2=O. The molecule has 3 heteroatoms. The third-order valence-corrected chi connectivity index (χ3v) is 2.36. The van der Waals surface area contributed by atoms with Gasteiger partial charge in [0.05, 0.1) is 6.61 Å². The van der Waals surface area contributed by atoms with E-state index in [2.05, 4.69) is 0 Å². The average molecular weight is 204 g/mol. The van der Waals surface area contributed by atoms with E-state index in [1.807, 2.05) is 6.92 Å². The Morgan fingerprint density at radius 1 is 1.47 bits per heavy atom. The number of ketones is 1. The number of aliphatic hydroxyl groups excluding tert-OH is 1. The maximum Gasteiger partial charge on any atom is 0.186 e. The Morgan fingerprint density at radius 2 is 2.27 bits per heavy atom. The quantitative estimate of drug-likeness (QED) is 0.799. The molecular weight excluding hydrogens is 192 g/mol. The molecule has 1 atom stereocenters. The van der Waals surface area contributed by atoms with Gasteiger partial charge >= 0.3 is 0 Å². The number of carbonyl (C=O) groups is 1. The number of rotatable bonds is 2. The Kier molecular flexibility index (Phi) is 2.56. The van der Waals surface area contributed by atoms with Gasteiger partial charge in [0, 0.05) is 11.1 Å². The van der Waals surface area contributed by atoms with Gasteiger partial charge in [-0.2, -0.15) is 0 Å². The van der Waals surface area contributed by atoms with Gasteiger partial charge in [-0.15, -0.1) is 0 Å². The zero-order valence-electron chi connectivity index (χ0n) is 8.43. The van der Waals surface area contributed by atoms with Crippen molar-refractivity contribution in [1.29, 1.82) is 0 Å². The monoisotopic (exact) mass is 204 g/mol. The number of allylic oxidation sites excluding steroid dienone is 1. The molecule has 0 aromatic heterocycles. The molecule has 1 N–H and O–H groups in total. The van der Waals surface area contributed by atoms with Crippen LogP contribution in [0.5, 0.6) is 5.75 Å². The zero-order chi connectivity index (χ0) is 10.8. The fourth-order valence-corrected chi connectivity index (χ4v) is 1.71. The fourth-order valence-electron chi connectivity index (χ4n) is 1.71. The summed E-state index contributed by atoms with van der Waals surface area (Å²) in [6.07, 6.45) is 2.12. The maximum atomic E-state index is 11.5. The van der Waals surface area contributed by atoms with E-state index < -0.39 is 6.10 Å². The molecule has 2 rings (SSSR count). The van der Waals surface area contributed by atoms with E-state index in [0.29, 0.717) is 23.5 Å². The topological polar surface area (TPSA) is 46.5 Å². The van der Waals surface area contributed by atoms with Crippen LogP contribution < -0.4 is 4.74 Å². The molecule has 0 aliphatic heterocycles. The van der Waals surface area contributed by atoms with Gasteiger partial charge in [0.15, 0.2) is 5.78 Å². The summed E-state index contributed by atoms with van der Waals surface area (Å²) in [5.41, 5.74) is 1.10. The normalized spacial score (nSPS) is 18.8. The van der Waals surface area contributed by atoms with Crippen molar-refractivity contribution in [3.05, 3.63) is 41.5 Å². The Labute approximate surface area is 88.0 Å². The zero-order valence-corrected chi connectivity index (χ0v) is 8.43. The molecule has 0 fully saturated rings. The smallest absolute Gasteiger partial charge is 0.186 e. The second-order valence-corrected chi connectivity index (χ2v) is 3.32. The Morgan fingerprint density at radius 3 is 3.00 bits per heavy atom. The third-order valence-electron chi connectivity index (χ3n) is 2.36.